The molecule has 2 aliphatic rings. The van der Waals surface area contributed by atoms with Crippen molar-refractivity contribution in [3.63, 3.8) is 0 Å². The summed E-state index contributed by atoms with van der Waals surface area (Å²) in [4.78, 5) is 26.4. The van der Waals surface area contributed by atoms with Gasteiger partial charge in [0.1, 0.15) is 5.75 Å². The van der Waals surface area contributed by atoms with Crippen LogP contribution in [0.25, 0.3) is 0 Å². The van der Waals surface area contributed by atoms with Gasteiger partial charge in [-0.15, -0.1) is 0 Å². The van der Waals surface area contributed by atoms with Gasteiger partial charge in [0.25, 0.3) is 0 Å². The van der Waals surface area contributed by atoms with Crippen molar-refractivity contribution in [3.8, 4) is 5.75 Å². The molecule has 0 atom stereocenters. The van der Waals surface area contributed by atoms with Gasteiger partial charge in [-0.2, -0.15) is 0 Å². The van der Waals surface area contributed by atoms with Gasteiger partial charge in [0, 0.05) is 43.2 Å². The van der Waals surface area contributed by atoms with Crippen molar-refractivity contribution < 1.29 is 14.3 Å². The second-order valence-electron chi connectivity index (χ2n) is 7.02. The van der Waals surface area contributed by atoms with E-state index in [1.807, 2.05) is 30.3 Å². The number of methoxy groups -OCH3 is 1. The van der Waals surface area contributed by atoms with Gasteiger partial charge in [0.2, 0.25) is 5.91 Å². The number of amides is 1. The van der Waals surface area contributed by atoms with Crippen molar-refractivity contribution >= 4 is 17.4 Å². The van der Waals surface area contributed by atoms with Crippen LogP contribution in [0.5, 0.6) is 5.75 Å². The molecule has 1 amide bonds. The van der Waals surface area contributed by atoms with Gasteiger partial charge in [-0.3, -0.25) is 14.5 Å². The van der Waals surface area contributed by atoms with Gasteiger partial charge in [0.15, 0.2) is 5.78 Å². The predicted molar refractivity (Wildman–Crippen MR) is 99.5 cm³/mol. The Morgan fingerprint density at radius 2 is 1.92 bits per heavy atom. The minimum atomic E-state index is 0.0461. The van der Waals surface area contributed by atoms with E-state index in [1.54, 1.807) is 7.11 Å². The summed E-state index contributed by atoms with van der Waals surface area (Å²) in [5.41, 5.74) is 3.88. The highest BCUT2D eigenvalue weighted by atomic mass is 16.5. The highest BCUT2D eigenvalue weighted by Gasteiger charge is 2.33. The predicted octanol–water partition coefficient (Wildman–Crippen LogP) is 2.89. The fraction of sp³-hybridized carbons (Fsp3) is 0.333. The van der Waals surface area contributed by atoms with Crippen LogP contribution in [0, 0.1) is 5.92 Å². The topological polar surface area (TPSA) is 58.6 Å². The molecule has 1 fully saturated rings. The van der Waals surface area contributed by atoms with Crippen molar-refractivity contribution in [1.82, 2.24) is 4.90 Å². The average molecular weight is 350 g/mol. The van der Waals surface area contributed by atoms with Crippen LogP contribution in [-0.2, 0) is 17.8 Å². The molecule has 4 rings (SSSR count). The molecule has 0 aliphatic carbocycles. The number of carbonyl (C=O) groups is 2. The Hall–Kier alpha value is -2.66. The Morgan fingerprint density at radius 1 is 1.15 bits per heavy atom. The Balaban J connectivity index is 1.35. The molecule has 2 heterocycles. The smallest absolute Gasteiger partial charge is 0.224 e. The number of nitrogens with zero attached hydrogens (tertiary/aromatic N) is 1. The largest absolute Gasteiger partial charge is 0.497 e. The van der Waals surface area contributed by atoms with Crippen LogP contribution in [0.15, 0.2) is 42.5 Å². The molecule has 2 aromatic rings. The summed E-state index contributed by atoms with van der Waals surface area (Å²) < 4.78 is 5.18. The molecule has 2 aliphatic heterocycles. The lowest BCUT2D eigenvalue weighted by Crippen LogP contribution is -2.49. The minimum absolute atomic E-state index is 0.0461. The lowest BCUT2D eigenvalue weighted by molar-refractivity contribution is -0.116. The van der Waals surface area contributed by atoms with E-state index in [-0.39, 0.29) is 17.6 Å². The van der Waals surface area contributed by atoms with Crippen molar-refractivity contribution in [2.75, 3.05) is 25.5 Å². The van der Waals surface area contributed by atoms with E-state index in [2.05, 4.69) is 22.3 Å². The molecule has 0 bridgehead atoms. The van der Waals surface area contributed by atoms with Gasteiger partial charge in [-0.25, -0.2) is 0 Å². The number of fused-ring (bicyclic) bond motifs is 1. The number of nitrogens with one attached hydrogen (secondary N) is 1. The van der Waals surface area contributed by atoms with Crippen LogP contribution in [0.2, 0.25) is 0 Å². The number of hydrogen-bond acceptors (Lipinski definition) is 4. The molecule has 1 N–H and O–H groups in total. The number of carbonyl (C=O) groups excluding carboxylic acids is 2. The third kappa shape index (κ3) is 3.35. The van der Waals surface area contributed by atoms with Gasteiger partial charge in [-0.1, -0.05) is 12.1 Å². The Kier molecular flexibility index (Phi) is 4.47. The maximum absolute atomic E-state index is 12.7. The molecule has 0 spiro atoms. The molecule has 5 heteroatoms. The standard InChI is InChI=1S/C21H22N2O3/c1-26-18-6-2-14(3-7-18)11-23-12-17(13-23)21(25)16-4-8-19-15(10-16)5-9-20(24)22-19/h2-4,6-8,10,17H,5,9,11-13H2,1H3,(H,22,24). The van der Waals surface area contributed by atoms with E-state index in [4.69, 9.17) is 4.74 Å². The normalized spacial score (nSPS) is 17.2. The molecule has 2 aromatic carbocycles. The van der Waals surface area contributed by atoms with Crippen LogP contribution in [-0.4, -0.2) is 36.8 Å². The highest BCUT2D eigenvalue weighted by Crippen LogP contribution is 2.27. The molecule has 134 valence electrons. The van der Waals surface area contributed by atoms with Gasteiger partial charge >= 0.3 is 0 Å². The van der Waals surface area contributed by atoms with E-state index < -0.39 is 0 Å². The van der Waals surface area contributed by atoms with Gasteiger partial charge < -0.3 is 10.1 Å². The third-order valence-electron chi connectivity index (χ3n) is 5.18. The molecule has 1 saturated heterocycles. The Bertz CT molecular complexity index is 839. The number of rotatable bonds is 5. The first-order valence-electron chi connectivity index (χ1n) is 8.94. The second kappa shape index (κ2) is 6.92. The zero-order valence-electron chi connectivity index (χ0n) is 14.8. The molecule has 0 radical (unpaired) electrons. The van der Waals surface area contributed by atoms with E-state index >= 15 is 0 Å². The van der Waals surface area contributed by atoms with Crippen LogP contribution in [0.1, 0.15) is 27.9 Å². The SMILES string of the molecule is COc1ccc(CN2CC(C(=O)c3ccc4c(c3)CCC(=O)N4)C2)cc1. The summed E-state index contributed by atoms with van der Waals surface area (Å²) >= 11 is 0. The van der Waals surface area contributed by atoms with E-state index in [0.717, 1.165) is 42.2 Å². The fourth-order valence-corrected chi connectivity index (χ4v) is 3.63. The first kappa shape index (κ1) is 16.8. The van der Waals surface area contributed by atoms with Crippen molar-refractivity contribution in [2.45, 2.75) is 19.4 Å². The molecule has 0 saturated carbocycles. The third-order valence-corrected chi connectivity index (χ3v) is 5.18. The maximum atomic E-state index is 12.7. The van der Waals surface area contributed by atoms with Crippen molar-refractivity contribution in [2.24, 2.45) is 5.92 Å². The summed E-state index contributed by atoms with van der Waals surface area (Å²) in [5, 5.41) is 2.86. The lowest BCUT2D eigenvalue weighted by Gasteiger charge is -2.38. The van der Waals surface area contributed by atoms with E-state index in [1.165, 1.54) is 5.56 Å². The van der Waals surface area contributed by atoms with Crippen LogP contribution < -0.4 is 10.1 Å². The molecular formula is C21H22N2O3. The number of hydrogen-bond donors (Lipinski definition) is 1. The average Bonchev–Trinajstić information content (AvgIpc) is 2.64. The number of aryl methyl sites for hydroxylation is 1. The minimum Gasteiger partial charge on any atom is -0.497 e. The number of ether oxygens (including phenoxy) is 1. The van der Waals surface area contributed by atoms with Crippen LogP contribution >= 0.6 is 0 Å². The molecule has 26 heavy (non-hydrogen) atoms. The monoisotopic (exact) mass is 350 g/mol. The molecular weight excluding hydrogens is 328 g/mol. The van der Waals surface area contributed by atoms with Crippen molar-refractivity contribution in [1.29, 1.82) is 0 Å². The lowest BCUT2D eigenvalue weighted by atomic mass is 9.88. The summed E-state index contributed by atoms with van der Waals surface area (Å²) in [6.45, 7) is 2.43. The quantitative estimate of drug-likeness (QED) is 0.843. The van der Waals surface area contributed by atoms with Crippen molar-refractivity contribution in [3.05, 3.63) is 59.2 Å². The zero-order valence-corrected chi connectivity index (χ0v) is 14.8. The summed E-state index contributed by atoms with van der Waals surface area (Å²) in [7, 11) is 1.66. The Labute approximate surface area is 153 Å². The fourth-order valence-electron chi connectivity index (χ4n) is 3.63. The number of anilines is 1. The summed E-state index contributed by atoms with van der Waals surface area (Å²) in [6.07, 6.45) is 1.19. The molecule has 0 aromatic heterocycles. The van der Waals surface area contributed by atoms with Crippen LogP contribution in [0.3, 0.4) is 0 Å². The zero-order chi connectivity index (χ0) is 18.1. The number of likely N-dealkylation sites (tertiary alicyclic amines) is 1. The van der Waals surface area contributed by atoms with Crippen LogP contribution in [0.4, 0.5) is 5.69 Å². The molecule has 5 nitrogen and oxygen atoms in total. The Morgan fingerprint density at radius 3 is 2.65 bits per heavy atom. The van der Waals surface area contributed by atoms with E-state index in [9.17, 15) is 9.59 Å². The first-order chi connectivity index (χ1) is 12.6. The van der Waals surface area contributed by atoms with Gasteiger partial charge in [-0.05, 0) is 47.9 Å². The molecule has 0 unspecified atom stereocenters. The summed E-state index contributed by atoms with van der Waals surface area (Å²) in [6, 6.07) is 13.7. The van der Waals surface area contributed by atoms with Gasteiger partial charge in [0.05, 0.1) is 7.11 Å². The number of ketones is 1. The van der Waals surface area contributed by atoms with E-state index in [0.29, 0.717) is 12.8 Å². The second-order valence-corrected chi connectivity index (χ2v) is 7.02. The first-order valence-corrected chi connectivity index (χ1v) is 8.94. The number of Topliss-reactive ketones (excluding diaryl/α,β-unsaturated/α-hetero) is 1. The highest BCUT2D eigenvalue weighted by molar-refractivity contribution is 6.00. The number of benzene rings is 2. The summed E-state index contributed by atoms with van der Waals surface area (Å²) in [5.74, 6) is 1.17. The maximum Gasteiger partial charge on any atom is 0.224 e.